The van der Waals surface area contributed by atoms with Crippen molar-refractivity contribution >= 4 is 0 Å². The molecule has 0 bridgehead atoms. The van der Waals surface area contributed by atoms with Gasteiger partial charge in [-0.05, 0) is 23.6 Å². The monoisotopic (exact) mass is 263 g/mol. The van der Waals surface area contributed by atoms with Crippen LogP contribution in [0.25, 0.3) is 0 Å². The van der Waals surface area contributed by atoms with Gasteiger partial charge in [0.25, 0.3) is 0 Å². The maximum absolute atomic E-state index is 12.1. The number of halogens is 3. The topological polar surface area (TPSA) is 55.5 Å². The summed E-state index contributed by atoms with van der Waals surface area (Å²) < 4.78 is 40.0. The smallest absolute Gasteiger partial charge is 0.406 e. The van der Waals surface area contributed by atoms with Crippen molar-refractivity contribution in [1.82, 2.24) is 0 Å². The van der Waals surface area contributed by atoms with Crippen LogP contribution in [0.2, 0.25) is 0 Å². The summed E-state index contributed by atoms with van der Waals surface area (Å²) in [5.41, 5.74) is 6.19. The number of hydrogen-bond acceptors (Lipinski definition) is 3. The van der Waals surface area contributed by atoms with Crippen molar-refractivity contribution in [2.24, 2.45) is 11.7 Å². The molecule has 3 nitrogen and oxygen atoms in total. The van der Waals surface area contributed by atoms with Crippen molar-refractivity contribution in [1.29, 1.82) is 0 Å². The fraction of sp³-hybridized carbons (Fsp3) is 0.500. The van der Waals surface area contributed by atoms with Crippen molar-refractivity contribution in [2.45, 2.75) is 32.4 Å². The van der Waals surface area contributed by atoms with Gasteiger partial charge in [0.05, 0.1) is 12.1 Å². The normalized spacial score (nSPS) is 15.6. The van der Waals surface area contributed by atoms with Crippen molar-refractivity contribution in [3.63, 3.8) is 0 Å². The molecule has 1 rings (SSSR count). The summed E-state index contributed by atoms with van der Waals surface area (Å²) in [5, 5.41) is 9.78. The third-order valence-electron chi connectivity index (χ3n) is 2.53. The molecule has 0 amide bonds. The van der Waals surface area contributed by atoms with Gasteiger partial charge in [-0.3, -0.25) is 0 Å². The highest BCUT2D eigenvalue weighted by Gasteiger charge is 2.31. The van der Waals surface area contributed by atoms with E-state index in [0.717, 1.165) is 0 Å². The molecular weight excluding hydrogens is 247 g/mol. The Balaban J connectivity index is 2.88. The molecule has 18 heavy (non-hydrogen) atoms. The molecule has 0 fully saturated rings. The summed E-state index contributed by atoms with van der Waals surface area (Å²) in [6, 6.07) is 4.58. The Kier molecular flexibility index (Phi) is 4.59. The van der Waals surface area contributed by atoms with Gasteiger partial charge >= 0.3 is 6.36 Å². The molecular formula is C12H16F3NO2. The second-order valence-corrected chi connectivity index (χ2v) is 4.38. The Hall–Kier alpha value is -1.27. The highest BCUT2D eigenvalue weighted by Crippen LogP contribution is 2.27. The summed E-state index contributed by atoms with van der Waals surface area (Å²) in [7, 11) is 0. The molecule has 0 aliphatic heterocycles. The van der Waals surface area contributed by atoms with E-state index in [1.54, 1.807) is 19.9 Å². The summed E-state index contributed by atoms with van der Waals surface area (Å²) in [6.07, 6.45) is -5.56. The third-order valence-corrected chi connectivity index (χ3v) is 2.53. The van der Waals surface area contributed by atoms with Gasteiger partial charge in [0, 0.05) is 0 Å². The first kappa shape index (κ1) is 14.8. The van der Waals surface area contributed by atoms with E-state index in [1.165, 1.54) is 18.2 Å². The molecule has 102 valence electrons. The first-order chi connectivity index (χ1) is 8.20. The van der Waals surface area contributed by atoms with Crippen LogP contribution in [0.1, 0.15) is 25.5 Å². The number of nitrogens with two attached hydrogens (primary N) is 1. The molecule has 0 unspecified atom stereocenters. The molecule has 0 heterocycles. The predicted molar refractivity (Wildman–Crippen MR) is 60.9 cm³/mol. The van der Waals surface area contributed by atoms with Crippen LogP contribution in [0, 0.1) is 5.92 Å². The maximum atomic E-state index is 12.1. The van der Waals surface area contributed by atoms with Crippen molar-refractivity contribution in [3.05, 3.63) is 29.8 Å². The Morgan fingerprint density at radius 1 is 1.28 bits per heavy atom. The lowest BCUT2D eigenvalue weighted by Crippen LogP contribution is -2.30. The third kappa shape index (κ3) is 4.19. The Bertz CT molecular complexity index is 393. The van der Waals surface area contributed by atoms with E-state index in [9.17, 15) is 18.3 Å². The fourth-order valence-corrected chi connectivity index (χ4v) is 1.53. The lowest BCUT2D eigenvalue weighted by atomic mass is 9.94. The molecule has 0 saturated heterocycles. The number of benzene rings is 1. The molecule has 0 spiro atoms. The first-order valence-corrected chi connectivity index (χ1v) is 5.50. The Morgan fingerprint density at radius 2 is 1.89 bits per heavy atom. The van der Waals surface area contributed by atoms with Crippen LogP contribution >= 0.6 is 0 Å². The van der Waals surface area contributed by atoms with Gasteiger partial charge in [-0.2, -0.15) is 0 Å². The van der Waals surface area contributed by atoms with Crippen LogP contribution < -0.4 is 10.5 Å². The van der Waals surface area contributed by atoms with E-state index in [2.05, 4.69) is 4.74 Å². The predicted octanol–water partition coefficient (Wildman–Crippen LogP) is 2.60. The van der Waals surface area contributed by atoms with E-state index < -0.39 is 18.5 Å². The minimum absolute atomic E-state index is 0.0906. The van der Waals surface area contributed by atoms with Gasteiger partial charge in [-0.25, -0.2) is 0 Å². The summed E-state index contributed by atoms with van der Waals surface area (Å²) in [6.45, 7) is 3.56. The number of aliphatic hydroxyl groups is 1. The summed E-state index contributed by atoms with van der Waals surface area (Å²) in [5.74, 6) is -0.432. The van der Waals surface area contributed by atoms with E-state index in [1.807, 2.05) is 0 Å². The fourth-order valence-electron chi connectivity index (χ4n) is 1.53. The number of alkyl halides is 3. The second kappa shape index (κ2) is 5.58. The maximum Gasteiger partial charge on any atom is 0.573 e. The quantitative estimate of drug-likeness (QED) is 0.878. The van der Waals surface area contributed by atoms with Gasteiger partial charge in [0.1, 0.15) is 5.75 Å². The van der Waals surface area contributed by atoms with Gasteiger partial charge in [0.2, 0.25) is 0 Å². The molecule has 2 atom stereocenters. The number of rotatable bonds is 4. The zero-order chi connectivity index (χ0) is 13.9. The Morgan fingerprint density at radius 3 is 2.39 bits per heavy atom. The highest BCUT2D eigenvalue weighted by molar-refractivity contribution is 5.31. The van der Waals surface area contributed by atoms with Crippen molar-refractivity contribution in [2.75, 3.05) is 0 Å². The highest BCUT2D eigenvalue weighted by atomic mass is 19.4. The van der Waals surface area contributed by atoms with Crippen LogP contribution in [0.15, 0.2) is 24.3 Å². The lowest BCUT2D eigenvalue weighted by molar-refractivity contribution is -0.274. The van der Waals surface area contributed by atoms with Crippen LogP contribution in [0.3, 0.4) is 0 Å². The average molecular weight is 263 g/mol. The van der Waals surface area contributed by atoms with E-state index >= 15 is 0 Å². The molecule has 0 aromatic heterocycles. The van der Waals surface area contributed by atoms with Crippen LogP contribution in [0.5, 0.6) is 5.75 Å². The van der Waals surface area contributed by atoms with E-state index in [0.29, 0.717) is 5.56 Å². The van der Waals surface area contributed by atoms with Crippen molar-refractivity contribution < 1.29 is 23.0 Å². The van der Waals surface area contributed by atoms with Crippen LogP contribution in [-0.2, 0) is 0 Å². The molecule has 3 N–H and O–H groups in total. The number of aliphatic hydroxyl groups excluding tert-OH is 1. The molecule has 6 heteroatoms. The van der Waals surface area contributed by atoms with E-state index in [4.69, 9.17) is 5.73 Å². The second-order valence-electron chi connectivity index (χ2n) is 4.38. The van der Waals surface area contributed by atoms with Gasteiger partial charge in [0.15, 0.2) is 0 Å². The zero-order valence-electron chi connectivity index (χ0n) is 10.1. The van der Waals surface area contributed by atoms with Crippen LogP contribution in [-0.4, -0.2) is 17.6 Å². The molecule has 0 radical (unpaired) electrons. The van der Waals surface area contributed by atoms with Gasteiger partial charge in [-0.1, -0.05) is 26.0 Å². The molecule has 0 aliphatic rings. The SMILES string of the molecule is CC(C)[C@H](O)[C@H](N)c1cccc(OC(F)(F)F)c1. The minimum atomic E-state index is -4.74. The van der Waals surface area contributed by atoms with Crippen LogP contribution in [0.4, 0.5) is 13.2 Å². The van der Waals surface area contributed by atoms with Crippen molar-refractivity contribution in [3.8, 4) is 5.75 Å². The zero-order valence-corrected chi connectivity index (χ0v) is 10.1. The largest absolute Gasteiger partial charge is 0.573 e. The molecule has 1 aromatic carbocycles. The standard InChI is InChI=1S/C12H16F3NO2/c1-7(2)11(17)10(16)8-4-3-5-9(6-8)18-12(13,14)15/h3-7,10-11,17H,16H2,1-2H3/t10-,11+/m1/s1. The average Bonchev–Trinajstić information content (AvgIpc) is 2.25. The minimum Gasteiger partial charge on any atom is -0.406 e. The molecule has 0 saturated carbocycles. The lowest BCUT2D eigenvalue weighted by Gasteiger charge is -2.22. The number of ether oxygens (including phenoxy) is 1. The number of hydrogen-bond donors (Lipinski definition) is 2. The van der Waals surface area contributed by atoms with Gasteiger partial charge in [-0.15, -0.1) is 13.2 Å². The summed E-state index contributed by atoms with van der Waals surface area (Å²) in [4.78, 5) is 0. The molecule has 1 aromatic rings. The van der Waals surface area contributed by atoms with E-state index in [-0.39, 0.29) is 11.7 Å². The summed E-state index contributed by atoms with van der Waals surface area (Å²) >= 11 is 0. The van der Waals surface area contributed by atoms with Gasteiger partial charge < -0.3 is 15.6 Å². The molecule has 0 aliphatic carbocycles. The Labute approximate surface area is 103 Å². The first-order valence-electron chi connectivity index (χ1n) is 5.50.